The maximum atomic E-state index is 6.72. The second-order valence-electron chi connectivity index (χ2n) is 16.1. The minimum absolute atomic E-state index is 0.133. The highest BCUT2D eigenvalue weighted by Crippen LogP contribution is 2.52. The molecule has 0 radical (unpaired) electrons. The lowest BCUT2D eigenvalue weighted by atomic mass is 9.82. The number of furan rings is 1. The second-order valence-corrected chi connectivity index (χ2v) is 16.1. The summed E-state index contributed by atoms with van der Waals surface area (Å²) in [5.74, 6) is 0. The molecule has 11 aromatic rings. The first kappa shape index (κ1) is 32.8. The van der Waals surface area contributed by atoms with Gasteiger partial charge in [-0.2, -0.15) is 0 Å². The van der Waals surface area contributed by atoms with Crippen molar-refractivity contribution < 1.29 is 4.42 Å². The van der Waals surface area contributed by atoms with Crippen LogP contribution in [0.3, 0.4) is 0 Å². The molecule has 274 valence electrons. The number of hydrogen-bond donors (Lipinski definition) is 0. The van der Waals surface area contributed by atoms with Crippen LogP contribution < -0.4 is 4.90 Å². The number of rotatable bonds is 5. The number of hydrogen-bond acceptors (Lipinski definition) is 2. The molecule has 3 nitrogen and oxygen atoms in total. The van der Waals surface area contributed by atoms with Gasteiger partial charge < -0.3 is 13.9 Å². The van der Waals surface area contributed by atoms with Crippen molar-refractivity contribution in [1.29, 1.82) is 0 Å². The molecule has 0 N–H and O–H groups in total. The van der Waals surface area contributed by atoms with Crippen LogP contribution in [-0.4, -0.2) is 4.57 Å². The van der Waals surface area contributed by atoms with E-state index in [0.717, 1.165) is 55.6 Å². The van der Waals surface area contributed by atoms with Crippen molar-refractivity contribution in [3.8, 4) is 27.9 Å². The Kier molecular flexibility index (Phi) is 6.98. The highest BCUT2D eigenvalue weighted by molar-refractivity contribution is 6.19. The van der Waals surface area contributed by atoms with Gasteiger partial charge >= 0.3 is 0 Å². The lowest BCUT2D eigenvalue weighted by molar-refractivity contribution is 0.660. The van der Waals surface area contributed by atoms with Gasteiger partial charge in [-0.3, -0.25) is 0 Å². The van der Waals surface area contributed by atoms with Gasteiger partial charge in [-0.25, -0.2) is 0 Å². The van der Waals surface area contributed by atoms with Crippen molar-refractivity contribution in [2.45, 2.75) is 19.3 Å². The number of anilines is 3. The Morgan fingerprint density at radius 3 is 1.95 bits per heavy atom. The molecule has 0 fully saturated rings. The molecule has 1 aliphatic rings. The zero-order valence-electron chi connectivity index (χ0n) is 32.3. The first-order valence-electron chi connectivity index (χ1n) is 20.1. The van der Waals surface area contributed by atoms with Crippen molar-refractivity contribution in [2.24, 2.45) is 0 Å². The molecular weight excluding hydrogens is 705 g/mol. The van der Waals surface area contributed by atoms with Crippen molar-refractivity contribution in [1.82, 2.24) is 4.57 Å². The Hall–Kier alpha value is -7.36. The van der Waals surface area contributed by atoms with E-state index in [1.54, 1.807) is 0 Å². The standard InChI is InChI=1S/C55H38N2O/c1-55(2)47-20-8-5-17-42(47)43-32-30-40(34-48(43)55)56(51-23-12-24-52-53(51)46-31-27-36-13-3-4-16-41(36)54(46)58-52)38-28-25-35(26-29-38)37-14-11-15-39(33-37)57-49-21-9-6-18-44(49)45-19-7-10-22-50(45)57/h3-34H,1-2H3. The molecule has 9 aromatic carbocycles. The summed E-state index contributed by atoms with van der Waals surface area (Å²) >= 11 is 0. The van der Waals surface area contributed by atoms with Gasteiger partial charge in [0.25, 0.3) is 0 Å². The van der Waals surface area contributed by atoms with E-state index in [0.29, 0.717) is 0 Å². The minimum Gasteiger partial charge on any atom is -0.455 e. The largest absolute Gasteiger partial charge is 0.455 e. The van der Waals surface area contributed by atoms with Crippen LogP contribution in [0, 0.1) is 0 Å². The van der Waals surface area contributed by atoms with E-state index in [2.05, 4.69) is 217 Å². The predicted octanol–water partition coefficient (Wildman–Crippen LogP) is 15.3. The van der Waals surface area contributed by atoms with Crippen LogP contribution in [0.2, 0.25) is 0 Å². The van der Waals surface area contributed by atoms with Gasteiger partial charge in [-0.05, 0) is 105 Å². The first-order valence-corrected chi connectivity index (χ1v) is 20.1. The summed E-state index contributed by atoms with van der Waals surface area (Å²) in [5, 5.41) is 7.04. The van der Waals surface area contributed by atoms with Crippen LogP contribution >= 0.6 is 0 Å². The van der Waals surface area contributed by atoms with Crippen LogP contribution in [0.25, 0.3) is 82.5 Å². The van der Waals surface area contributed by atoms with E-state index in [9.17, 15) is 0 Å². The van der Waals surface area contributed by atoms with Crippen molar-refractivity contribution in [2.75, 3.05) is 4.90 Å². The van der Waals surface area contributed by atoms with Gasteiger partial charge in [0.15, 0.2) is 0 Å². The van der Waals surface area contributed by atoms with Gasteiger partial charge in [0, 0.05) is 44.0 Å². The number of benzene rings is 9. The number of nitrogens with zero attached hydrogens (tertiary/aromatic N) is 2. The Morgan fingerprint density at radius 1 is 0.466 bits per heavy atom. The van der Waals surface area contributed by atoms with Crippen molar-refractivity contribution >= 4 is 71.6 Å². The van der Waals surface area contributed by atoms with Gasteiger partial charge in [0.2, 0.25) is 0 Å². The fourth-order valence-corrected chi connectivity index (χ4v) is 9.81. The third kappa shape index (κ3) is 4.74. The predicted molar refractivity (Wildman–Crippen MR) is 243 cm³/mol. The Balaban J connectivity index is 1.03. The van der Waals surface area contributed by atoms with Crippen LogP contribution in [-0.2, 0) is 5.41 Å². The molecule has 0 aliphatic heterocycles. The molecule has 0 spiro atoms. The molecule has 0 saturated carbocycles. The highest BCUT2D eigenvalue weighted by Gasteiger charge is 2.36. The summed E-state index contributed by atoms with van der Waals surface area (Å²) < 4.78 is 9.11. The molecule has 0 atom stereocenters. The number of fused-ring (bicyclic) bond motifs is 11. The van der Waals surface area contributed by atoms with Crippen LogP contribution in [0.1, 0.15) is 25.0 Å². The van der Waals surface area contributed by atoms with E-state index in [1.165, 1.54) is 55.0 Å². The quantitative estimate of drug-likeness (QED) is 0.175. The lowest BCUT2D eigenvalue weighted by Gasteiger charge is -2.28. The van der Waals surface area contributed by atoms with Crippen LogP contribution in [0.5, 0.6) is 0 Å². The SMILES string of the molecule is CC1(C)c2ccccc2-c2ccc(N(c3ccc(-c4cccc(-n5c6ccccc6c6ccccc65)c4)cc3)c3cccc4oc5c6ccccc6ccc5c34)cc21. The molecule has 12 rings (SSSR count). The monoisotopic (exact) mass is 742 g/mol. The molecule has 0 amide bonds. The molecule has 2 aromatic heterocycles. The number of para-hydroxylation sites is 2. The third-order valence-electron chi connectivity index (χ3n) is 12.6. The van der Waals surface area contributed by atoms with E-state index in [1.807, 2.05) is 0 Å². The average molecular weight is 743 g/mol. The Bertz CT molecular complexity index is 3380. The van der Waals surface area contributed by atoms with E-state index in [-0.39, 0.29) is 5.41 Å². The summed E-state index contributed by atoms with van der Waals surface area (Å²) in [6.07, 6.45) is 0. The summed E-state index contributed by atoms with van der Waals surface area (Å²) in [6.45, 7) is 4.70. The lowest BCUT2D eigenvalue weighted by Crippen LogP contribution is -2.16. The molecule has 0 unspecified atom stereocenters. The minimum atomic E-state index is -0.133. The molecule has 0 bridgehead atoms. The fourth-order valence-electron chi connectivity index (χ4n) is 9.81. The van der Waals surface area contributed by atoms with Gasteiger partial charge in [-0.15, -0.1) is 0 Å². The summed E-state index contributed by atoms with van der Waals surface area (Å²) in [7, 11) is 0. The molecular formula is C55H38N2O. The van der Waals surface area contributed by atoms with Crippen molar-refractivity contribution in [3.63, 3.8) is 0 Å². The molecule has 3 heteroatoms. The molecule has 0 saturated heterocycles. The van der Waals surface area contributed by atoms with Gasteiger partial charge in [0.05, 0.1) is 22.1 Å². The number of aromatic nitrogens is 1. The third-order valence-corrected chi connectivity index (χ3v) is 12.6. The van der Waals surface area contributed by atoms with E-state index < -0.39 is 0 Å². The Labute approximate surface area is 336 Å². The van der Waals surface area contributed by atoms with E-state index >= 15 is 0 Å². The Morgan fingerprint density at radius 2 is 1.14 bits per heavy atom. The zero-order chi connectivity index (χ0) is 38.5. The summed E-state index contributed by atoms with van der Waals surface area (Å²) in [5.41, 5.74) is 16.2. The van der Waals surface area contributed by atoms with Crippen LogP contribution in [0.4, 0.5) is 17.1 Å². The maximum Gasteiger partial charge on any atom is 0.143 e. The van der Waals surface area contributed by atoms with Gasteiger partial charge in [0.1, 0.15) is 11.2 Å². The van der Waals surface area contributed by atoms with Gasteiger partial charge in [-0.1, -0.05) is 141 Å². The smallest absolute Gasteiger partial charge is 0.143 e. The van der Waals surface area contributed by atoms with E-state index in [4.69, 9.17) is 4.42 Å². The maximum absolute atomic E-state index is 6.72. The zero-order valence-corrected chi connectivity index (χ0v) is 32.3. The first-order chi connectivity index (χ1) is 28.5. The molecule has 2 heterocycles. The molecule has 58 heavy (non-hydrogen) atoms. The molecule has 1 aliphatic carbocycles. The fraction of sp³-hybridized carbons (Fsp3) is 0.0545. The summed E-state index contributed by atoms with van der Waals surface area (Å²) in [6, 6.07) is 70.6. The normalized spacial score (nSPS) is 13.1. The topological polar surface area (TPSA) is 21.3 Å². The summed E-state index contributed by atoms with van der Waals surface area (Å²) in [4.78, 5) is 2.42. The average Bonchev–Trinajstić information content (AvgIpc) is 3.90. The second kappa shape index (κ2) is 12.3. The van der Waals surface area contributed by atoms with Crippen LogP contribution in [0.15, 0.2) is 199 Å². The highest BCUT2D eigenvalue weighted by atomic mass is 16.3. The van der Waals surface area contributed by atoms with Crippen molar-refractivity contribution in [3.05, 3.63) is 205 Å².